The van der Waals surface area contributed by atoms with E-state index in [1.165, 1.54) is 23.3 Å². The fourth-order valence-corrected chi connectivity index (χ4v) is 4.49. The maximum absolute atomic E-state index is 11.6. The number of nitrogens with two attached hydrogens (primary N) is 2. The highest BCUT2D eigenvalue weighted by molar-refractivity contribution is 7.10. The molecule has 1 saturated carbocycles. The van der Waals surface area contributed by atoms with Crippen molar-refractivity contribution in [3.63, 3.8) is 0 Å². The van der Waals surface area contributed by atoms with Gasteiger partial charge in [0.15, 0.2) is 0 Å². The number of carbonyl (C=O) groups is 1. The largest absolute Gasteiger partial charge is 0.369 e. The first-order chi connectivity index (χ1) is 10.0. The summed E-state index contributed by atoms with van der Waals surface area (Å²) < 4.78 is 0. The van der Waals surface area contributed by atoms with Gasteiger partial charge in [-0.15, -0.1) is 11.3 Å². The van der Waals surface area contributed by atoms with Crippen molar-refractivity contribution in [3.05, 3.63) is 21.9 Å². The summed E-state index contributed by atoms with van der Waals surface area (Å²) in [6.45, 7) is 4.54. The summed E-state index contributed by atoms with van der Waals surface area (Å²) in [7, 11) is 0. The molecule has 1 amide bonds. The van der Waals surface area contributed by atoms with E-state index in [2.05, 4.69) is 30.2 Å². The van der Waals surface area contributed by atoms with Gasteiger partial charge >= 0.3 is 0 Å². The number of rotatable bonds is 7. The topological polar surface area (TPSA) is 72.3 Å². The van der Waals surface area contributed by atoms with Crippen molar-refractivity contribution in [1.29, 1.82) is 0 Å². The fraction of sp³-hybridized carbons (Fsp3) is 0.688. The van der Waals surface area contributed by atoms with E-state index in [9.17, 15) is 4.79 Å². The molecule has 1 fully saturated rings. The zero-order valence-electron chi connectivity index (χ0n) is 13.0. The molecule has 1 aliphatic rings. The second kappa shape index (κ2) is 7.38. The minimum Gasteiger partial charge on any atom is -0.369 e. The summed E-state index contributed by atoms with van der Waals surface area (Å²) in [6, 6.07) is 2.70. The van der Waals surface area contributed by atoms with Crippen LogP contribution in [0.4, 0.5) is 0 Å². The van der Waals surface area contributed by atoms with E-state index in [1.807, 2.05) is 0 Å². The second-order valence-corrected chi connectivity index (χ2v) is 7.01. The molecule has 4 N–H and O–H groups in total. The maximum Gasteiger partial charge on any atom is 0.231 e. The van der Waals surface area contributed by atoms with Crippen LogP contribution >= 0.6 is 11.3 Å². The van der Waals surface area contributed by atoms with Gasteiger partial charge in [-0.05, 0) is 43.2 Å². The van der Waals surface area contributed by atoms with Gasteiger partial charge in [-0.1, -0.05) is 19.8 Å². The summed E-state index contributed by atoms with van der Waals surface area (Å²) in [4.78, 5) is 15.1. The average molecular weight is 309 g/mol. The van der Waals surface area contributed by atoms with Crippen LogP contribution < -0.4 is 11.5 Å². The molecule has 0 bridgehead atoms. The quantitative estimate of drug-likeness (QED) is 0.813. The highest BCUT2D eigenvalue weighted by atomic mass is 32.1. The number of hydrogen-bond donors (Lipinski definition) is 2. The van der Waals surface area contributed by atoms with Crippen LogP contribution in [-0.4, -0.2) is 29.4 Å². The van der Waals surface area contributed by atoms with Crippen molar-refractivity contribution < 1.29 is 4.79 Å². The first kappa shape index (κ1) is 16.5. The van der Waals surface area contributed by atoms with E-state index in [-0.39, 0.29) is 18.0 Å². The molecule has 118 valence electrons. The fourth-order valence-electron chi connectivity index (χ4n) is 3.37. The van der Waals surface area contributed by atoms with Crippen molar-refractivity contribution >= 4 is 17.2 Å². The van der Waals surface area contributed by atoms with Gasteiger partial charge in [0.1, 0.15) is 0 Å². The number of thiophene rings is 1. The Balaban J connectivity index is 2.34. The summed E-state index contributed by atoms with van der Waals surface area (Å²) in [5.41, 5.74) is 13.2. The van der Waals surface area contributed by atoms with E-state index < -0.39 is 0 Å². The molecule has 0 radical (unpaired) electrons. The van der Waals surface area contributed by atoms with Gasteiger partial charge in [0, 0.05) is 17.0 Å². The second-order valence-electron chi connectivity index (χ2n) is 6.06. The number of hydrogen-bond acceptors (Lipinski definition) is 4. The van der Waals surface area contributed by atoms with Crippen molar-refractivity contribution in [2.75, 3.05) is 6.54 Å². The number of nitrogens with zero attached hydrogens (tertiary/aromatic N) is 1. The highest BCUT2D eigenvalue weighted by Crippen LogP contribution is 2.36. The third kappa shape index (κ3) is 3.84. The van der Waals surface area contributed by atoms with Gasteiger partial charge in [-0.2, -0.15) is 0 Å². The predicted octanol–water partition coefficient (Wildman–Crippen LogP) is 2.56. The first-order valence-electron chi connectivity index (χ1n) is 7.88. The molecule has 2 atom stereocenters. The first-order valence-corrected chi connectivity index (χ1v) is 8.76. The van der Waals surface area contributed by atoms with E-state index in [1.54, 1.807) is 11.3 Å². The monoisotopic (exact) mass is 309 g/mol. The molecule has 1 aliphatic carbocycles. The molecular formula is C16H27N3OS. The summed E-state index contributed by atoms with van der Waals surface area (Å²) in [5, 5.41) is 2.11. The zero-order chi connectivity index (χ0) is 15.4. The van der Waals surface area contributed by atoms with Crippen LogP contribution in [0.1, 0.15) is 55.5 Å². The van der Waals surface area contributed by atoms with E-state index in [0.717, 1.165) is 19.3 Å². The lowest BCUT2D eigenvalue weighted by Gasteiger charge is -2.38. The van der Waals surface area contributed by atoms with E-state index in [4.69, 9.17) is 11.5 Å². The molecule has 21 heavy (non-hydrogen) atoms. The summed E-state index contributed by atoms with van der Waals surface area (Å²) >= 11 is 1.74. The van der Waals surface area contributed by atoms with Crippen molar-refractivity contribution in [1.82, 2.24) is 4.90 Å². The SMILES string of the molecule is CCC(N)C(c1sccc1C)N(CC(N)=O)C1CCCC1. The van der Waals surface area contributed by atoms with Crippen LogP contribution in [-0.2, 0) is 4.79 Å². The molecule has 1 aromatic rings. The molecule has 2 rings (SSSR count). The minimum atomic E-state index is -0.260. The maximum atomic E-state index is 11.6. The molecule has 2 unspecified atom stereocenters. The molecule has 4 nitrogen and oxygen atoms in total. The molecule has 0 aliphatic heterocycles. The Bertz CT molecular complexity index is 468. The number of carbonyl (C=O) groups excluding carboxylic acids is 1. The summed E-state index contributed by atoms with van der Waals surface area (Å²) in [6.07, 6.45) is 5.65. The van der Waals surface area contributed by atoms with Crippen molar-refractivity contribution in [3.8, 4) is 0 Å². The minimum absolute atomic E-state index is 0.0299. The Hall–Kier alpha value is -0.910. The Morgan fingerprint density at radius 2 is 2.14 bits per heavy atom. The Morgan fingerprint density at radius 3 is 2.62 bits per heavy atom. The lowest BCUT2D eigenvalue weighted by molar-refractivity contribution is -0.120. The molecule has 1 heterocycles. The predicted molar refractivity (Wildman–Crippen MR) is 88.2 cm³/mol. The van der Waals surface area contributed by atoms with Crippen LogP contribution in [0.25, 0.3) is 0 Å². The Kier molecular flexibility index (Phi) is 5.79. The third-order valence-corrected chi connectivity index (χ3v) is 5.63. The van der Waals surface area contributed by atoms with E-state index in [0.29, 0.717) is 12.6 Å². The van der Waals surface area contributed by atoms with Crippen LogP contribution in [0.5, 0.6) is 0 Å². The molecule has 0 saturated heterocycles. The van der Waals surface area contributed by atoms with Crippen LogP contribution in [0.3, 0.4) is 0 Å². The molecule has 5 heteroatoms. The molecule has 0 aromatic carbocycles. The lowest BCUT2D eigenvalue weighted by Crippen LogP contribution is -2.48. The van der Waals surface area contributed by atoms with Gasteiger partial charge in [0.05, 0.1) is 12.6 Å². The van der Waals surface area contributed by atoms with Gasteiger partial charge in [-0.3, -0.25) is 9.69 Å². The van der Waals surface area contributed by atoms with Gasteiger partial charge in [0.2, 0.25) is 5.91 Å². The van der Waals surface area contributed by atoms with Crippen molar-refractivity contribution in [2.45, 2.75) is 64.1 Å². The zero-order valence-corrected chi connectivity index (χ0v) is 13.9. The number of amides is 1. The molecular weight excluding hydrogens is 282 g/mol. The average Bonchev–Trinajstić information content (AvgIpc) is 3.09. The number of primary amides is 1. The normalized spacial score (nSPS) is 19.0. The van der Waals surface area contributed by atoms with Crippen molar-refractivity contribution in [2.24, 2.45) is 11.5 Å². The smallest absolute Gasteiger partial charge is 0.231 e. The third-order valence-electron chi connectivity index (χ3n) is 4.54. The van der Waals surface area contributed by atoms with Gasteiger partial charge in [-0.25, -0.2) is 0 Å². The standard InChI is InChI=1S/C16H27N3OS/c1-3-13(17)15(16-11(2)8-9-21-16)19(10-14(18)20)12-6-4-5-7-12/h8-9,12-13,15H,3-7,10,17H2,1-2H3,(H2,18,20). The summed E-state index contributed by atoms with van der Waals surface area (Å²) in [5.74, 6) is -0.260. The van der Waals surface area contributed by atoms with Crippen LogP contribution in [0.2, 0.25) is 0 Å². The number of aryl methyl sites for hydroxylation is 1. The van der Waals surface area contributed by atoms with Gasteiger partial charge < -0.3 is 11.5 Å². The highest BCUT2D eigenvalue weighted by Gasteiger charge is 2.34. The Labute approximate surface area is 131 Å². The Morgan fingerprint density at radius 1 is 1.48 bits per heavy atom. The van der Waals surface area contributed by atoms with E-state index >= 15 is 0 Å². The lowest BCUT2D eigenvalue weighted by atomic mass is 9.98. The van der Waals surface area contributed by atoms with Gasteiger partial charge in [0.25, 0.3) is 0 Å². The molecule has 1 aromatic heterocycles. The van der Waals surface area contributed by atoms with Crippen LogP contribution in [0.15, 0.2) is 11.4 Å². The van der Waals surface area contributed by atoms with Crippen LogP contribution in [0, 0.1) is 6.92 Å². The molecule has 0 spiro atoms.